The largest absolute Gasteiger partial charge is 0.346 e. The first-order valence-electron chi connectivity index (χ1n) is 17.5. The molecule has 2 aromatic heterocycles. The van der Waals surface area contributed by atoms with Crippen molar-refractivity contribution < 1.29 is 9.59 Å². The minimum atomic E-state index is -0.534. The van der Waals surface area contributed by atoms with Gasteiger partial charge in [-0.25, -0.2) is 4.79 Å². The molecule has 2 N–H and O–H groups in total. The summed E-state index contributed by atoms with van der Waals surface area (Å²) in [4.78, 5) is 39.7. The maximum Gasteiger partial charge on any atom is 0.317 e. The zero-order chi connectivity index (χ0) is 31.3. The van der Waals surface area contributed by atoms with Crippen LogP contribution >= 0.6 is 11.3 Å². The topological polar surface area (TPSA) is 71.7 Å². The first-order chi connectivity index (χ1) is 21.7. The number of hydrogen-bond acceptors (Lipinski definition) is 4. The standard InChI is InChI=1S/C37H51N5O2S/c1-24-20-25(2)22-26(21-24)33-30(14-19-40-17-12-27(13-18-40)38-36(44)41-15-6-5-7-16-41)31-23-32(45-34(31)39-33)37(3,4)35(43)42-28-8-9-29(42)11-10-28/h20-23,27-29,39H,5-19H2,1-4H3,(H,38,44). The maximum absolute atomic E-state index is 14.0. The molecule has 0 atom stereocenters. The first kappa shape index (κ1) is 30.8. The lowest BCUT2D eigenvalue weighted by atomic mass is 9.88. The van der Waals surface area contributed by atoms with Gasteiger partial charge < -0.3 is 25.0 Å². The number of carbonyl (C=O) groups excluding carboxylic acids is 2. The van der Waals surface area contributed by atoms with Crippen LogP contribution in [-0.4, -0.2) is 82.5 Å². The van der Waals surface area contributed by atoms with E-state index in [1.165, 1.54) is 75.1 Å². The highest BCUT2D eigenvalue weighted by Crippen LogP contribution is 2.44. The Morgan fingerprint density at radius 3 is 2.18 bits per heavy atom. The van der Waals surface area contributed by atoms with E-state index in [1.807, 2.05) is 4.90 Å². The molecule has 6 heterocycles. The van der Waals surface area contributed by atoms with Crippen LogP contribution in [0.15, 0.2) is 24.3 Å². The van der Waals surface area contributed by atoms with Gasteiger partial charge in [0.15, 0.2) is 0 Å². The fourth-order valence-corrected chi connectivity index (χ4v) is 9.76. The lowest BCUT2D eigenvalue weighted by Crippen LogP contribution is -2.50. The second-order valence-corrected chi connectivity index (χ2v) is 15.9. The summed E-state index contributed by atoms with van der Waals surface area (Å²) >= 11 is 1.77. The Balaban J connectivity index is 1.09. The van der Waals surface area contributed by atoms with E-state index in [1.54, 1.807) is 11.3 Å². The maximum atomic E-state index is 14.0. The second kappa shape index (κ2) is 12.4. The van der Waals surface area contributed by atoms with Crippen molar-refractivity contribution in [1.82, 2.24) is 25.0 Å². The Labute approximate surface area is 272 Å². The third kappa shape index (κ3) is 6.05. The molecule has 4 aliphatic heterocycles. The van der Waals surface area contributed by atoms with Gasteiger partial charge in [-0.3, -0.25) is 4.79 Å². The molecule has 8 heteroatoms. The number of carbonyl (C=O) groups is 2. The molecule has 0 unspecified atom stereocenters. The van der Waals surface area contributed by atoms with Gasteiger partial charge in [-0.1, -0.05) is 17.2 Å². The van der Waals surface area contributed by atoms with Crippen molar-refractivity contribution in [3.05, 3.63) is 45.8 Å². The third-order valence-electron chi connectivity index (χ3n) is 11.2. The SMILES string of the molecule is Cc1cc(C)cc(-c2[nH]c3sc(C(C)(C)C(=O)N4C5CCC4CC5)cc3c2CCN2CCC(NC(=O)N3CCCCC3)CC2)c1. The molecule has 7 rings (SSSR count). The zero-order valence-corrected chi connectivity index (χ0v) is 28.5. The van der Waals surface area contributed by atoms with Gasteiger partial charge in [-0.15, -0.1) is 11.3 Å². The summed E-state index contributed by atoms with van der Waals surface area (Å²) in [5.41, 5.74) is 5.84. The van der Waals surface area contributed by atoms with Gasteiger partial charge >= 0.3 is 6.03 Å². The number of fused-ring (bicyclic) bond motifs is 3. The Hall–Kier alpha value is -2.84. The van der Waals surface area contributed by atoms with Gasteiger partial charge in [0.1, 0.15) is 4.83 Å². The highest BCUT2D eigenvalue weighted by molar-refractivity contribution is 7.19. The first-order valence-corrected chi connectivity index (χ1v) is 18.3. The van der Waals surface area contributed by atoms with E-state index in [-0.39, 0.29) is 12.1 Å². The number of aromatic amines is 1. The van der Waals surface area contributed by atoms with Gasteiger partial charge in [-0.2, -0.15) is 0 Å². The molecular formula is C37H51N5O2S. The number of urea groups is 1. The van der Waals surface area contributed by atoms with Crippen LogP contribution < -0.4 is 5.32 Å². The molecule has 2 bridgehead atoms. The number of H-pyrrole nitrogens is 1. The number of amides is 3. The lowest BCUT2D eigenvalue weighted by molar-refractivity contribution is -0.137. The minimum Gasteiger partial charge on any atom is -0.346 e. The molecule has 0 aliphatic carbocycles. The van der Waals surface area contributed by atoms with Gasteiger partial charge in [0.05, 0.1) is 11.1 Å². The number of hydrogen-bond donors (Lipinski definition) is 2. The number of likely N-dealkylation sites (tertiary alicyclic amines) is 2. The molecule has 3 aromatic rings. The van der Waals surface area contributed by atoms with Crippen molar-refractivity contribution in [2.45, 2.75) is 115 Å². The van der Waals surface area contributed by atoms with Crippen LogP contribution in [0.1, 0.15) is 93.2 Å². The fourth-order valence-electron chi connectivity index (χ4n) is 8.57. The van der Waals surface area contributed by atoms with Gasteiger partial charge in [0.2, 0.25) is 5.91 Å². The normalized spacial score (nSPS) is 22.9. The average Bonchev–Trinajstić information content (AvgIpc) is 3.81. The van der Waals surface area contributed by atoms with Crippen molar-refractivity contribution in [3.8, 4) is 11.3 Å². The summed E-state index contributed by atoms with van der Waals surface area (Å²) in [6, 6.07) is 10.4. The number of nitrogens with one attached hydrogen (secondary N) is 2. The molecule has 0 saturated carbocycles. The lowest BCUT2D eigenvalue weighted by Gasteiger charge is -2.34. The molecule has 4 aliphatic rings. The Morgan fingerprint density at radius 1 is 0.889 bits per heavy atom. The number of aromatic nitrogens is 1. The van der Waals surface area contributed by atoms with Gasteiger partial charge in [-0.05, 0) is 121 Å². The molecule has 3 amide bonds. The van der Waals surface area contributed by atoms with Crippen LogP contribution in [-0.2, 0) is 16.6 Å². The predicted octanol–water partition coefficient (Wildman–Crippen LogP) is 7.15. The van der Waals surface area contributed by atoms with Crippen LogP contribution in [0.5, 0.6) is 0 Å². The smallest absolute Gasteiger partial charge is 0.317 e. The van der Waals surface area contributed by atoms with Crippen LogP contribution in [0.2, 0.25) is 0 Å². The molecule has 7 nitrogen and oxygen atoms in total. The number of rotatable bonds is 7. The minimum absolute atomic E-state index is 0.132. The summed E-state index contributed by atoms with van der Waals surface area (Å²) < 4.78 is 0. The van der Waals surface area contributed by atoms with E-state index in [0.29, 0.717) is 18.0 Å². The average molecular weight is 630 g/mol. The van der Waals surface area contributed by atoms with Crippen molar-refractivity contribution in [2.24, 2.45) is 0 Å². The van der Waals surface area contributed by atoms with Crippen molar-refractivity contribution >= 4 is 33.5 Å². The summed E-state index contributed by atoms with van der Waals surface area (Å²) in [7, 11) is 0. The summed E-state index contributed by atoms with van der Waals surface area (Å²) in [5.74, 6) is 0.308. The Morgan fingerprint density at radius 2 is 1.53 bits per heavy atom. The second-order valence-electron chi connectivity index (χ2n) is 14.9. The fraction of sp³-hybridized carbons (Fsp3) is 0.622. The summed E-state index contributed by atoms with van der Waals surface area (Å²) in [6.45, 7) is 13.4. The van der Waals surface area contributed by atoms with Crippen LogP contribution in [0.4, 0.5) is 4.79 Å². The third-order valence-corrected chi connectivity index (χ3v) is 12.6. The number of nitrogens with zero attached hydrogens (tertiary/aromatic N) is 3. The van der Waals surface area contributed by atoms with E-state index in [4.69, 9.17) is 0 Å². The Kier molecular flexibility index (Phi) is 8.49. The quantitative estimate of drug-likeness (QED) is 0.292. The summed E-state index contributed by atoms with van der Waals surface area (Å²) in [5, 5.41) is 4.60. The van der Waals surface area contributed by atoms with E-state index < -0.39 is 5.41 Å². The highest BCUT2D eigenvalue weighted by Gasteiger charge is 2.47. The highest BCUT2D eigenvalue weighted by atomic mass is 32.1. The molecule has 1 aromatic carbocycles. The number of piperidine rings is 2. The van der Waals surface area contributed by atoms with Crippen molar-refractivity contribution in [1.29, 1.82) is 0 Å². The summed E-state index contributed by atoms with van der Waals surface area (Å²) in [6.07, 6.45) is 11.1. The van der Waals surface area contributed by atoms with E-state index >= 15 is 0 Å². The van der Waals surface area contributed by atoms with Crippen molar-refractivity contribution in [2.75, 3.05) is 32.7 Å². The van der Waals surface area contributed by atoms with E-state index in [9.17, 15) is 9.59 Å². The zero-order valence-electron chi connectivity index (χ0n) is 27.7. The number of thiophene rings is 1. The predicted molar refractivity (Wildman–Crippen MR) is 184 cm³/mol. The Bertz CT molecular complexity index is 1520. The van der Waals surface area contributed by atoms with Gasteiger partial charge in [0.25, 0.3) is 0 Å². The molecule has 0 spiro atoms. The van der Waals surface area contributed by atoms with Crippen LogP contribution in [0.3, 0.4) is 0 Å². The van der Waals surface area contributed by atoms with Crippen LogP contribution in [0.25, 0.3) is 21.5 Å². The molecule has 4 saturated heterocycles. The monoisotopic (exact) mass is 629 g/mol. The molecule has 0 radical (unpaired) electrons. The van der Waals surface area contributed by atoms with E-state index in [0.717, 1.165) is 64.8 Å². The number of benzene rings is 1. The molecule has 4 fully saturated rings. The molecule has 242 valence electrons. The van der Waals surface area contributed by atoms with Crippen molar-refractivity contribution in [3.63, 3.8) is 0 Å². The number of aryl methyl sites for hydroxylation is 2. The van der Waals surface area contributed by atoms with Crippen LogP contribution in [0, 0.1) is 13.8 Å². The van der Waals surface area contributed by atoms with Gasteiger partial charge in [0, 0.05) is 61.1 Å². The van der Waals surface area contributed by atoms with E-state index in [2.05, 4.69) is 72.1 Å². The molecule has 45 heavy (non-hydrogen) atoms. The molecular weight excluding hydrogens is 579 g/mol.